The largest absolute Gasteiger partial charge is 0.480 e. The minimum absolute atomic E-state index is 0.00661. The highest BCUT2D eigenvalue weighted by Gasteiger charge is 2.30. The Morgan fingerprint density at radius 2 is 1.57 bits per heavy atom. The monoisotopic (exact) mass is 482 g/mol. The number of carbonyl (C=O) groups excluding carboxylic acids is 2. The van der Waals surface area contributed by atoms with Crippen molar-refractivity contribution in [3.05, 3.63) is 59.7 Å². The van der Waals surface area contributed by atoms with E-state index in [2.05, 4.69) is 29.6 Å². The number of likely N-dealkylation sites (N-methyl/N-ethyl adjacent to an activating group) is 1. The van der Waals surface area contributed by atoms with Crippen molar-refractivity contribution < 1.29 is 29.0 Å². The van der Waals surface area contributed by atoms with E-state index in [0.717, 1.165) is 16.0 Å². The summed E-state index contributed by atoms with van der Waals surface area (Å²) in [4.78, 5) is 37.2. The number of rotatable bonds is 9. The number of alkyl carbamates (subject to hydrolysis) is 1. The molecule has 0 spiro atoms. The molecule has 0 fully saturated rings. The van der Waals surface area contributed by atoms with Gasteiger partial charge in [0.1, 0.15) is 18.2 Å². The molecule has 188 valence electrons. The third-order valence-corrected chi connectivity index (χ3v) is 5.95. The van der Waals surface area contributed by atoms with Gasteiger partial charge in [-0.2, -0.15) is 0 Å². The van der Waals surface area contributed by atoms with Gasteiger partial charge in [0.15, 0.2) is 0 Å². The summed E-state index contributed by atoms with van der Waals surface area (Å²) in [5.74, 6) is -1.10. The fraction of sp³-hybridized carbons (Fsp3) is 0.444. The van der Waals surface area contributed by atoms with Crippen LogP contribution in [0.3, 0.4) is 0 Å². The smallest absolute Gasteiger partial charge is 0.410 e. The van der Waals surface area contributed by atoms with Gasteiger partial charge in [0.2, 0.25) is 0 Å². The van der Waals surface area contributed by atoms with Gasteiger partial charge in [-0.25, -0.2) is 14.4 Å². The minimum atomic E-state index is -1.09. The second-order valence-electron chi connectivity index (χ2n) is 9.69. The van der Waals surface area contributed by atoms with E-state index in [-0.39, 0.29) is 18.9 Å². The summed E-state index contributed by atoms with van der Waals surface area (Å²) in [6, 6.07) is 15.3. The molecule has 1 aliphatic rings. The van der Waals surface area contributed by atoms with E-state index in [9.17, 15) is 19.5 Å². The topological polar surface area (TPSA) is 105 Å². The Labute approximate surface area is 206 Å². The molecule has 2 N–H and O–H groups in total. The molecular formula is C27H34N2O6. The SMILES string of the molecule is CN(C(=O)OC(C)(C)C)[C@@H](CCCCNC(=O)OCC1c2ccccc2-c2ccccc21)C(=O)O. The molecule has 0 aromatic heterocycles. The quantitative estimate of drug-likeness (QED) is 0.487. The van der Waals surface area contributed by atoms with E-state index in [1.165, 1.54) is 18.2 Å². The van der Waals surface area contributed by atoms with Crippen molar-refractivity contribution in [2.75, 3.05) is 20.2 Å². The molecule has 2 amide bonds. The number of ether oxygens (including phenoxy) is 2. The Bertz CT molecular complexity index is 1020. The van der Waals surface area contributed by atoms with Crippen LogP contribution < -0.4 is 5.32 Å². The van der Waals surface area contributed by atoms with Crippen LogP contribution in [-0.2, 0) is 14.3 Å². The Kier molecular flexibility index (Phi) is 8.38. The van der Waals surface area contributed by atoms with Crippen LogP contribution in [0.2, 0.25) is 0 Å². The molecule has 8 nitrogen and oxygen atoms in total. The number of nitrogens with one attached hydrogen (secondary N) is 1. The van der Waals surface area contributed by atoms with Crippen LogP contribution >= 0.6 is 0 Å². The van der Waals surface area contributed by atoms with Gasteiger partial charge in [0.25, 0.3) is 0 Å². The summed E-state index contributed by atoms with van der Waals surface area (Å²) in [6.07, 6.45) is 0.121. The summed E-state index contributed by atoms with van der Waals surface area (Å²) in [6.45, 7) is 5.76. The van der Waals surface area contributed by atoms with Crippen molar-refractivity contribution in [2.24, 2.45) is 0 Å². The van der Waals surface area contributed by atoms with Gasteiger partial charge < -0.3 is 19.9 Å². The van der Waals surface area contributed by atoms with E-state index in [4.69, 9.17) is 9.47 Å². The number of carbonyl (C=O) groups is 3. The highest BCUT2D eigenvalue weighted by Crippen LogP contribution is 2.44. The average molecular weight is 483 g/mol. The predicted octanol–water partition coefficient (Wildman–Crippen LogP) is 5.02. The highest BCUT2D eigenvalue weighted by molar-refractivity contribution is 5.80. The third-order valence-electron chi connectivity index (χ3n) is 5.95. The molecule has 8 heteroatoms. The third kappa shape index (κ3) is 6.74. The Balaban J connectivity index is 1.42. The second-order valence-corrected chi connectivity index (χ2v) is 9.69. The molecule has 3 rings (SSSR count). The lowest BCUT2D eigenvalue weighted by atomic mass is 9.98. The van der Waals surface area contributed by atoms with Crippen molar-refractivity contribution in [1.82, 2.24) is 10.2 Å². The molecular weight excluding hydrogens is 448 g/mol. The van der Waals surface area contributed by atoms with E-state index >= 15 is 0 Å². The van der Waals surface area contributed by atoms with Crippen LogP contribution in [0.4, 0.5) is 9.59 Å². The maximum Gasteiger partial charge on any atom is 0.410 e. The summed E-state index contributed by atoms with van der Waals surface area (Å²) in [7, 11) is 1.42. The number of benzene rings is 2. The predicted molar refractivity (Wildman–Crippen MR) is 132 cm³/mol. The number of nitrogens with zero attached hydrogens (tertiary/aromatic N) is 1. The lowest BCUT2D eigenvalue weighted by Crippen LogP contribution is -2.44. The van der Waals surface area contributed by atoms with Gasteiger partial charge >= 0.3 is 18.2 Å². The van der Waals surface area contributed by atoms with Gasteiger partial charge in [0, 0.05) is 19.5 Å². The summed E-state index contributed by atoms with van der Waals surface area (Å²) < 4.78 is 10.8. The molecule has 0 unspecified atom stereocenters. The second kappa shape index (κ2) is 11.3. The lowest BCUT2D eigenvalue weighted by molar-refractivity contribution is -0.143. The first-order valence-electron chi connectivity index (χ1n) is 11.9. The number of aliphatic carboxylic acids is 1. The normalized spacial score (nSPS) is 13.4. The zero-order chi connectivity index (χ0) is 25.6. The molecule has 0 aliphatic heterocycles. The van der Waals surface area contributed by atoms with Gasteiger partial charge in [0.05, 0.1) is 0 Å². The van der Waals surface area contributed by atoms with E-state index in [1.807, 2.05) is 24.3 Å². The van der Waals surface area contributed by atoms with Gasteiger partial charge in [-0.15, -0.1) is 0 Å². The highest BCUT2D eigenvalue weighted by atomic mass is 16.6. The average Bonchev–Trinajstić information content (AvgIpc) is 3.12. The van der Waals surface area contributed by atoms with Gasteiger partial charge in [-0.3, -0.25) is 4.90 Å². The first-order chi connectivity index (χ1) is 16.6. The van der Waals surface area contributed by atoms with Crippen molar-refractivity contribution in [3.8, 4) is 11.1 Å². The number of carboxylic acids is 1. The fourth-order valence-electron chi connectivity index (χ4n) is 4.25. The van der Waals surface area contributed by atoms with Crippen molar-refractivity contribution in [3.63, 3.8) is 0 Å². The molecule has 0 heterocycles. The number of amides is 2. The number of unbranched alkanes of at least 4 members (excludes halogenated alkanes) is 1. The molecule has 0 saturated heterocycles. The molecule has 1 aliphatic carbocycles. The maximum absolute atomic E-state index is 12.3. The Morgan fingerprint density at radius 3 is 2.11 bits per heavy atom. The minimum Gasteiger partial charge on any atom is -0.480 e. The van der Waals surface area contributed by atoms with Crippen molar-refractivity contribution in [2.45, 2.75) is 57.6 Å². The molecule has 35 heavy (non-hydrogen) atoms. The van der Waals surface area contributed by atoms with Gasteiger partial charge in [-0.1, -0.05) is 48.5 Å². The zero-order valence-electron chi connectivity index (χ0n) is 20.7. The molecule has 2 aromatic rings. The Hall–Kier alpha value is -3.55. The lowest BCUT2D eigenvalue weighted by Gasteiger charge is -2.28. The summed E-state index contributed by atoms with van der Waals surface area (Å²) in [5.41, 5.74) is 3.93. The van der Waals surface area contributed by atoms with Crippen molar-refractivity contribution >= 4 is 18.2 Å². The van der Waals surface area contributed by atoms with Crippen LogP contribution in [-0.4, -0.2) is 60.0 Å². The van der Waals surface area contributed by atoms with Gasteiger partial charge in [-0.05, 0) is 62.3 Å². The number of hydrogen-bond acceptors (Lipinski definition) is 5. The van der Waals surface area contributed by atoms with Crippen LogP contribution in [0.1, 0.15) is 57.1 Å². The Morgan fingerprint density at radius 1 is 1.00 bits per heavy atom. The first kappa shape index (κ1) is 26.1. The zero-order valence-corrected chi connectivity index (χ0v) is 20.7. The summed E-state index contributed by atoms with van der Waals surface area (Å²) >= 11 is 0. The van der Waals surface area contributed by atoms with Crippen LogP contribution in [0.25, 0.3) is 11.1 Å². The molecule has 0 radical (unpaired) electrons. The first-order valence-corrected chi connectivity index (χ1v) is 11.9. The molecule has 0 bridgehead atoms. The molecule has 1 atom stereocenters. The number of fused-ring (bicyclic) bond motifs is 3. The van der Waals surface area contributed by atoms with E-state index < -0.39 is 29.8 Å². The summed E-state index contributed by atoms with van der Waals surface area (Å²) in [5, 5.41) is 12.2. The van der Waals surface area contributed by atoms with Crippen LogP contribution in [0.15, 0.2) is 48.5 Å². The van der Waals surface area contributed by atoms with Crippen LogP contribution in [0, 0.1) is 0 Å². The van der Waals surface area contributed by atoms with Crippen molar-refractivity contribution in [1.29, 1.82) is 0 Å². The standard InChI is InChI=1S/C27H34N2O6/c1-27(2,3)35-26(33)29(4)23(24(30)31)15-9-10-16-28-25(32)34-17-22-20-13-7-5-11-18(20)19-12-6-8-14-21(19)22/h5-8,11-14,22-23H,9-10,15-17H2,1-4H3,(H,28,32)(H,30,31)/t23-/m0/s1. The van der Waals surface area contributed by atoms with Crippen LogP contribution in [0.5, 0.6) is 0 Å². The fourth-order valence-corrected chi connectivity index (χ4v) is 4.25. The molecule has 0 saturated carbocycles. The van der Waals surface area contributed by atoms with E-state index in [1.54, 1.807) is 20.8 Å². The van der Waals surface area contributed by atoms with E-state index in [0.29, 0.717) is 19.4 Å². The number of carboxylic acid groups (broad SMARTS) is 1. The number of hydrogen-bond donors (Lipinski definition) is 2. The maximum atomic E-state index is 12.3. The molecule has 2 aromatic carbocycles.